The molecule has 1 saturated heterocycles. The van der Waals surface area contributed by atoms with Crippen LogP contribution in [0.2, 0.25) is 0 Å². The fourth-order valence-corrected chi connectivity index (χ4v) is 3.36. The Bertz CT molecular complexity index is 383. The van der Waals surface area contributed by atoms with Gasteiger partial charge in [0.2, 0.25) is 0 Å². The van der Waals surface area contributed by atoms with E-state index < -0.39 is 0 Å². The maximum Gasteiger partial charge on any atom is 0.0351 e. The van der Waals surface area contributed by atoms with E-state index in [1.165, 1.54) is 36.2 Å². The lowest BCUT2D eigenvalue weighted by atomic mass is 9.91. The van der Waals surface area contributed by atoms with Crippen LogP contribution in [0.15, 0.2) is 12.1 Å². The van der Waals surface area contributed by atoms with Gasteiger partial charge in [0.05, 0.1) is 0 Å². The molecular weight excluding hydrogens is 220 g/mol. The zero-order chi connectivity index (χ0) is 13.1. The van der Waals surface area contributed by atoms with E-state index in [1.807, 2.05) is 0 Å². The summed E-state index contributed by atoms with van der Waals surface area (Å²) in [6, 6.07) is 5.24. The first-order valence-electron chi connectivity index (χ1n) is 7.16. The van der Waals surface area contributed by atoms with E-state index in [4.69, 9.17) is 0 Å². The third-order valence-corrected chi connectivity index (χ3v) is 4.05. The summed E-state index contributed by atoms with van der Waals surface area (Å²) in [5.74, 6) is 0. The van der Waals surface area contributed by atoms with Crippen molar-refractivity contribution >= 4 is 0 Å². The second kappa shape index (κ2) is 5.85. The van der Waals surface area contributed by atoms with E-state index in [-0.39, 0.29) is 0 Å². The number of hydrogen-bond donors (Lipinski definition) is 1. The average Bonchev–Trinajstić information content (AvgIpc) is 2.34. The Kier molecular flexibility index (Phi) is 4.41. The molecule has 0 amide bonds. The van der Waals surface area contributed by atoms with Crippen LogP contribution in [0.1, 0.15) is 41.6 Å². The molecule has 1 aliphatic heterocycles. The summed E-state index contributed by atoms with van der Waals surface area (Å²) in [6.07, 6.45) is 1.20. The van der Waals surface area contributed by atoms with Crippen LogP contribution in [-0.2, 0) is 0 Å². The summed E-state index contributed by atoms with van der Waals surface area (Å²) in [6.45, 7) is 13.6. The van der Waals surface area contributed by atoms with E-state index in [2.05, 4.69) is 50.0 Å². The molecule has 0 bridgehead atoms. The second-order valence-electron chi connectivity index (χ2n) is 5.52. The van der Waals surface area contributed by atoms with Crippen molar-refractivity contribution in [3.63, 3.8) is 0 Å². The first-order valence-corrected chi connectivity index (χ1v) is 7.16. The Morgan fingerprint density at radius 1 is 1.11 bits per heavy atom. The highest BCUT2D eigenvalue weighted by molar-refractivity contribution is 5.39. The van der Waals surface area contributed by atoms with Gasteiger partial charge in [0.1, 0.15) is 0 Å². The summed E-state index contributed by atoms with van der Waals surface area (Å²) in [7, 11) is 0. The van der Waals surface area contributed by atoms with Crippen molar-refractivity contribution in [2.24, 2.45) is 0 Å². The highest BCUT2D eigenvalue weighted by Gasteiger charge is 2.23. The fraction of sp³-hybridized carbons (Fsp3) is 0.625. The van der Waals surface area contributed by atoms with Gasteiger partial charge in [-0.2, -0.15) is 0 Å². The van der Waals surface area contributed by atoms with Crippen LogP contribution in [0.25, 0.3) is 0 Å². The number of nitrogens with one attached hydrogen (secondary N) is 1. The molecule has 2 rings (SSSR count). The Labute approximate surface area is 111 Å². The predicted molar refractivity (Wildman–Crippen MR) is 78.1 cm³/mol. The smallest absolute Gasteiger partial charge is 0.0351 e. The molecule has 0 unspecified atom stereocenters. The molecule has 0 saturated carbocycles. The zero-order valence-electron chi connectivity index (χ0n) is 12.2. The van der Waals surface area contributed by atoms with Crippen LogP contribution < -0.4 is 5.32 Å². The Morgan fingerprint density at radius 2 is 1.67 bits per heavy atom. The minimum absolute atomic E-state index is 0.590. The van der Waals surface area contributed by atoms with Gasteiger partial charge in [-0.05, 0) is 43.9 Å². The molecule has 0 aromatic heterocycles. The minimum Gasteiger partial charge on any atom is -0.314 e. The molecule has 100 valence electrons. The Morgan fingerprint density at radius 3 is 2.17 bits per heavy atom. The maximum atomic E-state index is 3.44. The number of hydrogen-bond acceptors (Lipinski definition) is 2. The van der Waals surface area contributed by atoms with Crippen molar-refractivity contribution in [1.29, 1.82) is 0 Å². The van der Waals surface area contributed by atoms with Gasteiger partial charge in [0.15, 0.2) is 0 Å². The van der Waals surface area contributed by atoms with Gasteiger partial charge in [-0.1, -0.05) is 24.6 Å². The summed E-state index contributed by atoms with van der Waals surface area (Å²) in [5.41, 5.74) is 5.85. The second-order valence-corrected chi connectivity index (χ2v) is 5.52. The standard InChI is InChI=1S/C16H26N2/c1-5-15(18-8-6-17-7-9-18)16-13(3)10-12(2)11-14(16)4/h10-11,15,17H,5-9H2,1-4H3/t15-/m0/s1. The van der Waals surface area contributed by atoms with Crippen molar-refractivity contribution in [3.05, 3.63) is 34.4 Å². The molecular formula is C16H26N2. The third-order valence-electron chi connectivity index (χ3n) is 4.05. The molecule has 1 N–H and O–H groups in total. The van der Waals surface area contributed by atoms with Gasteiger partial charge in [-0.25, -0.2) is 0 Å². The SMILES string of the molecule is CC[C@@H](c1c(C)cc(C)cc1C)N1CCNCC1. The molecule has 0 spiro atoms. The highest BCUT2D eigenvalue weighted by Crippen LogP contribution is 2.30. The van der Waals surface area contributed by atoms with Gasteiger partial charge in [0.25, 0.3) is 0 Å². The van der Waals surface area contributed by atoms with Crippen LogP contribution in [0.3, 0.4) is 0 Å². The van der Waals surface area contributed by atoms with E-state index in [9.17, 15) is 0 Å². The number of benzene rings is 1. The molecule has 1 heterocycles. The lowest BCUT2D eigenvalue weighted by Crippen LogP contribution is -2.45. The Balaban J connectivity index is 2.32. The van der Waals surface area contributed by atoms with Crippen molar-refractivity contribution < 1.29 is 0 Å². The van der Waals surface area contributed by atoms with Gasteiger partial charge >= 0.3 is 0 Å². The molecule has 1 aromatic carbocycles. The van der Waals surface area contributed by atoms with Crippen LogP contribution >= 0.6 is 0 Å². The molecule has 1 aromatic rings. The van der Waals surface area contributed by atoms with Crippen LogP contribution in [0, 0.1) is 20.8 Å². The first-order chi connectivity index (χ1) is 8.63. The van der Waals surface area contributed by atoms with E-state index in [0.29, 0.717) is 6.04 Å². The number of nitrogens with zero attached hydrogens (tertiary/aromatic N) is 1. The summed E-state index contributed by atoms with van der Waals surface area (Å²) >= 11 is 0. The summed E-state index contributed by atoms with van der Waals surface area (Å²) in [5, 5.41) is 3.44. The van der Waals surface area contributed by atoms with Crippen LogP contribution in [0.4, 0.5) is 0 Å². The number of aryl methyl sites for hydroxylation is 3. The lowest BCUT2D eigenvalue weighted by molar-refractivity contribution is 0.168. The van der Waals surface area contributed by atoms with E-state index in [0.717, 1.165) is 13.1 Å². The predicted octanol–water partition coefficient (Wildman–Crippen LogP) is 2.97. The molecule has 1 atom stereocenters. The van der Waals surface area contributed by atoms with Crippen LogP contribution in [-0.4, -0.2) is 31.1 Å². The molecule has 2 heteroatoms. The lowest BCUT2D eigenvalue weighted by Gasteiger charge is -2.36. The number of piperazine rings is 1. The fourth-order valence-electron chi connectivity index (χ4n) is 3.36. The monoisotopic (exact) mass is 246 g/mol. The van der Waals surface area contributed by atoms with Crippen LogP contribution in [0.5, 0.6) is 0 Å². The van der Waals surface area contributed by atoms with Crippen molar-refractivity contribution in [2.75, 3.05) is 26.2 Å². The molecule has 0 aliphatic carbocycles. The molecule has 1 fully saturated rings. The first kappa shape index (κ1) is 13.6. The molecule has 1 aliphatic rings. The Hall–Kier alpha value is -0.860. The van der Waals surface area contributed by atoms with Gasteiger partial charge < -0.3 is 5.32 Å². The van der Waals surface area contributed by atoms with Crippen molar-refractivity contribution in [3.8, 4) is 0 Å². The van der Waals surface area contributed by atoms with Gasteiger partial charge in [-0.3, -0.25) is 4.90 Å². The van der Waals surface area contributed by atoms with Crippen molar-refractivity contribution in [1.82, 2.24) is 10.2 Å². The maximum absolute atomic E-state index is 3.44. The van der Waals surface area contributed by atoms with Gasteiger partial charge in [0, 0.05) is 32.2 Å². The average molecular weight is 246 g/mol. The largest absolute Gasteiger partial charge is 0.314 e. The van der Waals surface area contributed by atoms with Gasteiger partial charge in [-0.15, -0.1) is 0 Å². The topological polar surface area (TPSA) is 15.3 Å². The van der Waals surface area contributed by atoms with E-state index >= 15 is 0 Å². The highest BCUT2D eigenvalue weighted by atomic mass is 15.2. The summed E-state index contributed by atoms with van der Waals surface area (Å²) in [4.78, 5) is 2.64. The van der Waals surface area contributed by atoms with E-state index in [1.54, 1.807) is 5.56 Å². The minimum atomic E-state index is 0.590. The zero-order valence-corrected chi connectivity index (χ0v) is 12.2. The van der Waals surface area contributed by atoms with Crippen molar-refractivity contribution in [2.45, 2.75) is 40.2 Å². The number of rotatable bonds is 3. The normalized spacial score (nSPS) is 18.9. The summed E-state index contributed by atoms with van der Waals surface area (Å²) < 4.78 is 0. The molecule has 18 heavy (non-hydrogen) atoms. The quantitative estimate of drug-likeness (QED) is 0.882. The third kappa shape index (κ3) is 2.76. The molecule has 2 nitrogen and oxygen atoms in total. The molecule has 0 radical (unpaired) electrons.